The fourth-order valence-corrected chi connectivity index (χ4v) is 2.54. The zero-order valence-corrected chi connectivity index (χ0v) is 11.0. The maximum absolute atomic E-state index is 9.63. The molecule has 1 unspecified atom stereocenters. The van der Waals surface area contributed by atoms with E-state index >= 15 is 0 Å². The third-order valence-electron chi connectivity index (χ3n) is 3.90. The van der Waals surface area contributed by atoms with Gasteiger partial charge in [0.2, 0.25) is 0 Å². The third-order valence-corrected chi connectivity index (χ3v) is 3.90. The van der Waals surface area contributed by atoms with Gasteiger partial charge in [-0.2, -0.15) is 0 Å². The van der Waals surface area contributed by atoms with Crippen molar-refractivity contribution in [2.45, 2.75) is 51.5 Å². The van der Waals surface area contributed by atoms with Gasteiger partial charge in [-0.25, -0.2) is 0 Å². The summed E-state index contributed by atoms with van der Waals surface area (Å²) in [6.07, 6.45) is 5.80. The van der Waals surface area contributed by atoms with Crippen molar-refractivity contribution >= 4 is 0 Å². The lowest BCUT2D eigenvalue weighted by Gasteiger charge is -2.33. The minimum Gasteiger partial charge on any atom is -0.394 e. The number of nitrogens with one attached hydrogen (secondary N) is 1. The molecule has 1 rings (SSSR count). The van der Waals surface area contributed by atoms with Crippen molar-refractivity contribution in [2.75, 3.05) is 26.9 Å². The van der Waals surface area contributed by atoms with Gasteiger partial charge in [-0.05, 0) is 31.1 Å². The molecular weight excluding hydrogens is 202 g/mol. The molecule has 0 aromatic carbocycles. The summed E-state index contributed by atoms with van der Waals surface area (Å²) >= 11 is 0. The predicted octanol–water partition coefficient (Wildman–Crippen LogP) is 1.94. The fraction of sp³-hybridized carbons (Fsp3) is 1.00. The Morgan fingerprint density at radius 3 is 2.56 bits per heavy atom. The molecule has 1 atom stereocenters. The van der Waals surface area contributed by atoms with Gasteiger partial charge in [0.05, 0.1) is 13.2 Å². The van der Waals surface area contributed by atoms with Crippen molar-refractivity contribution in [1.82, 2.24) is 5.32 Å². The molecule has 0 spiro atoms. The van der Waals surface area contributed by atoms with E-state index in [2.05, 4.69) is 19.2 Å². The number of hydrogen-bond acceptors (Lipinski definition) is 3. The van der Waals surface area contributed by atoms with Crippen molar-refractivity contribution in [2.24, 2.45) is 5.41 Å². The quantitative estimate of drug-likeness (QED) is 0.559. The summed E-state index contributed by atoms with van der Waals surface area (Å²) in [6, 6.07) is 0. The van der Waals surface area contributed by atoms with Gasteiger partial charge >= 0.3 is 0 Å². The van der Waals surface area contributed by atoms with Gasteiger partial charge in [0.1, 0.15) is 0 Å². The third kappa shape index (κ3) is 4.04. The Hall–Kier alpha value is -0.120. The van der Waals surface area contributed by atoms with Crippen molar-refractivity contribution in [1.29, 1.82) is 0 Å². The molecule has 0 aromatic heterocycles. The van der Waals surface area contributed by atoms with Gasteiger partial charge in [-0.3, -0.25) is 0 Å². The second-order valence-electron chi connectivity index (χ2n) is 5.88. The molecule has 16 heavy (non-hydrogen) atoms. The molecule has 1 aliphatic rings. The second kappa shape index (κ2) is 5.99. The summed E-state index contributed by atoms with van der Waals surface area (Å²) in [5.74, 6) is 0. The predicted molar refractivity (Wildman–Crippen MR) is 66.6 cm³/mol. The molecule has 0 aliphatic heterocycles. The maximum atomic E-state index is 9.63. The molecule has 1 fully saturated rings. The van der Waals surface area contributed by atoms with Crippen LogP contribution < -0.4 is 5.32 Å². The van der Waals surface area contributed by atoms with Gasteiger partial charge in [0, 0.05) is 19.2 Å². The minimum absolute atomic E-state index is 0.0632. The Labute approximate surface area is 99.6 Å². The highest BCUT2D eigenvalue weighted by Gasteiger charge is 2.34. The van der Waals surface area contributed by atoms with Crippen LogP contribution in [0.4, 0.5) is 0 Å². The van der Waals surface area contributed by atoms with E-state index in [0.717, 1.165) is 19.4 Å². The summed E-state index contributed by atoms with van der Waals surface area (Å²) in [7, 11) is 1.71. The lowest BCUT2D eigenvalue weighted by atomic mass is 9.83. The van der Waals surface area contributed by atoms with Crippen LogP contribution in [0.5, 0.6) is 0 Å². The van der Waals surface area contributed by atoms with E-state index in [1.807, 2.05) is 0 Å². The SMILES string of the molecule is COCCNC1(CO)CCCC(C)(C)CC1. The number of ether oxygens (including phenoxy) is 1. The van der Waals surface area contributed by atoms with Crippen molar-refractivity contribution < 1.29 is 9.84 Å². The number of methoxy groups -OCH3 is 1. The molecule has 0 bridgehead atoms. The van der Waals surface area contributed by atoms with Crippen molar-refractivity contribution in [3.8, 4) is 0 Å². The van der Waals surface area contributed by atoms with Gasteiger partial charge in [-0.1, -0.05) is 20.3 Å². The van der Waals surface area contributed by atoms with Crippen molar-refractivity contribution in [3.05, 3.63) is 0 Å². The highest BCUT2D eigenvalue weighted by molar-refractivity contribution is 4.92. The Morgan fingerprint density at radius 2 is 1.94 bits per heavy atom. The van der Waals surface area contributed by atoms with Crippen LogP contribution in [0.25, 0.3) is 0 Å². The van der Waals surface area contributed by atoms with Gasteiger partial charge in [-0.15, -0.1) is 0 Å². The first-order valence-electron chi connectivity index (χ1n) is 6.38. The van der Waals surface area contributed by atoms with E-state index in [1.165, 1.54) is 19.3 Å². The molecule has 1 saturated carbocycles. The van der Waals surface area contributed by atoms with E-state index in [4.69, 9.17) is 4.74 Å². The van der Waals surface area contributed by atoms with Crippen LogP contribution in [-0.4, -0.2) is 37.5 Å². The first-order chi connectivity index (χ1) is 7.54. The highest BCUT2D eigenvalue weighted by atomic mass is 16.5. The number of aliphatic hydroxyl groups excluding tert-OH is 1. The topological polar surface area (TPSA) is 41.5 Å². The number of hydrogen-bond donors (Lipinski definition) is 2. The molecule has 1 aliphatic carbocycles. The molecule has 2 N–H and O–H groups in total. The van der Waals surface area contributed by atoms with E-state index in [-0.39, 0.29) is 12.1 Å². The lowest BCUT2D eigenvalue weighted by molar-refractivity contribution is 0.123. The lowest BCUT2D eigenvalue weighted by Crippen LogP contribution is -2.49. The summed E-state index contributed by atoms with van der Waals surface area (Å²) in [6.45, 7) is 6.45. The van der Waals surface area contributed by atoms with Gasteiger partial charge < -0.3 is 15.2 Å². The average molecular weight is 229 g/mol. The Bertz CT molecular complexity index is 206. The van der Waals surface area contributed by atoms with E-state index in [9.17, 15) is 5.11 Å². The average Bonchev–Trinajstić information content (AvgIpc) is 2.39. The van der Waals surface area contributed by atoms with Crippen LogP contribution in [-0.2, 0) is 4.74 Å². The summed E-state index contributed by atoms with van der Waals surface area (Å²) < 4.78 is 5.05. The molecule has 0 saturated heterocycles. The molecule has 96 valence electrons. The van der Waals surface area contributed by atoms with Crippen LogP contribution in [0.1, 0.15) is 46.0 Å². The molecule has 0 aromatic rings. The molecule has 3 heteroatoms. The highest BCUT2D eigenvalue weighted by Crippen LogP contribution is 2.37. The number of aliphatic hydroxyl groups is 1. The monoisotopic (exact) mass is 229 g/mol. The molecule has 0 heterocycles. The normalized spacial score (nSPS) is 30.0. The largest absolute Gasteiger partial charge is 0.394 e. The fourth-order valence-electron chi connectivity index (χ4n) is 2.54. The summed E-state index contributed by atoms with van der Waals surface area (Å²) in [5.41, 5.74) is 0.367. The van der Waals surface area contributed by atoms with Gasteiger partial charge in [0.25, 0.3) is 0 Å². The van der Waals surface area contributed by atoms with Crippen LogP contribution in [0.2, 0.25) is 0 Å². The first kappa shape index (κ1) is 13.9. The Kier molecular flexibility index (Phi) is 5.22. The maximum Gasteiger partial charge on any atom is 0.0613 e. The van der Waals surface area contributed by atoms with Crippen LogP contribution in [0, 0.1) is 5.41 Å². The second-order valence-corrected chi connectivity index (χ2v) is 5.88. The minimum atomic E-state index is -0.0632. The Morgan fingerprint density at radius 1 is 1.19 bits per heavy atom. The van der Waals surface area contributed by atoms with Crippen LogP contribution in [0.3, 0.4) is 0 Å². The van der Waals surface area contributed by atoms with Crippen LogP contribution >= 0.6 is 0 Å². The molecule has 0 radical (unpaired) electrons. The standard InChI is InChI=1S/C13H27NO2/c1-12(2)5-4-6-13(11-15,8-7-12)14-9-10-16-3/h14-15H,4-11H2,1-3H3. The van der Waals surface area contributed by atoms with E-state index in [1.54, 1.807) is 7.11 Å². The van der Waals surface area contributed by atoms with E-state index < -0.39 is 0 Å². The first-order valence-corrected chi connectivity index (χ1v) is 6.38. The summed E-state index contributed by atoms with van der Waals surface area (Å²) in [4.78, 5) is 0. The smallest absolute Gasteiger partial charge is 0.0613 e. The molecular formula is C13H27NO2. The number of rotatable bonds is 5. The molecule has 3 nitrogen and oxygen atoms in total. The zero-order valence-electron chi connectivity index (χ0n) is 11.0. The van der Waals surface area contributed by atoms with E-state index in [0.29, 0.717) is 12.0 Å². The molecule has 0 amide bonds. The van der Waals surface area contributed by atoms with Crippen LogP contribution in [0.15, 0.2) is 0 Å². The Balaban J connectivity index is 2.51. The van der Waals surface area contributed by atoms with Gasteiger partial charge in [0.15, 0.2) is 0 Å². The zero-order chi connectivity index (χ0) is 12.1. The van der Waals surface area contributed by atoms with Crippen molar-refractivity contribution in [3.63, 3.8) is 0 Å². The summed E-state index contributed by atoms with van der Waals surface area (Å²) in [5, 5.41) is 13.1.